The Hall–Kier alpha value is -1.06. The van der Waals surface area contributed by atoms with Crippen LogP contribution in [0.15, 0.2) is 12.1 Å². The summed E-state index contributed by atoms with van der Waals surface area (Å²) in [4.78, 5) is 0. The fourth-order valence-electron chi connectivity index (χ4n) is 2.13. The van der Waals surface area contributed by atoms with Gasteiger partial charge in [-0.05, 0) is 62.4 Å². The van der Waals surface area contributed by atoms with Gasteiger partial charge in [-0.3, -0.25) is 0 Å². The summed E-state index contributed by atoms with van der Waals surface area (Å²) in [6, 6.07) is 4.35. The van der Waals surface area contributed by atoms with Crippen LogP contribution < -0.4 is 15.8 Å². The minimum absolute atomic E-state index is 0.0906. The van der Waals surface area contributed by atoms with E-state index in [4.69, 9.17) is 10.5 Å². The monoisotopic (exact) mass is 248 g/mol. The van der Waals surface area contributed by atoms with Crippen LogP contribution >= 0.6 is 0 Å². The third kappa shape index (κ3) is 3.24. The van der Waals surface area contributed by atoms with E-state index in [2.05, 4.69) is 31.3 Å². The molecule has 2 rings (SSSR count). The molecule has 0 heterocycles. The molecule has 0 radical (unpaired) electrons. The maximum absolute atomic E-state index is 6.04. The first-order valence-corrected chi connectivity index (χ1v) is 6.68. The van der Waals surface area contributed by atoms with Gasteiger partial charge in [-0.15, -0.1) is 0 Å². The number of nitrogens with one attached hydrogen (secondary N) is 1. The van der Waals surface area contributed by atoms with Crippen LogP contribution in [0, 0.1) is 13.8 Å². The Morgan fingerprint density at radius 2 is 1.94 bits per heavy atom. The van der Waals surface area contributed by atoms with Crippen molar-refractivity contribution >= 4 is 0 Å². The van der Waals surface area contributed by atoms with E-state index in [1.54, 1.807) is 7.11 Å². The summed E-state index contributed by atoms with van der Waals surface area (Å²) < 4.78 is 5.44. The standard InChI is InChI=1S/C15H24N2O/c1-11-8-13(14(18-3)9-12(11)2)4-7-17-10-15(16)5-6-15/h8-9,17H,4-7,10,16H2,1-3H3. The number of hydrogen-bond acceptors (Lipinski definition) is 3. The lowest BCUT2D eigenvalue weighted by Crippen LogP contribution is -2.36. The second-order valence-electron chi connectivity index (χ2n) is 5.54. The summed E-state index contributed by atoms with van der Waals surface area (Å²) in [5.41, 5.74) is 10.0. The van der Waals surface area contributed by atoms with Gasteiger partial charge < -0.3 is 15.8 Å². The van der Waals surface area contributed by atoms with E-state index < -0.39 is 0 Å². The SMILES string of the molecule is COc1cc(C)c(C)cc1CCNCC1(N)CC1. The maximum Gasteiger partial charge on any atom is 0.122 e. The van der Waals surface area contributed by atoms with Crippen molar-refractivity contribution in [2.24, 2.45) is 5.73 Å². The van der Waals surface area contributed by atoms with Gasteiger partial charge in [-0.1, -0.05) is 6.07 Å². The highest BCUT2D eigenvalue weighted by molar-refractivity contribution is 5.41. The molecular formula is C15H24N2O. The summed E-state index contributed by atoms with van der Waals surface area (Å²) in [6.07, 6.45) is 3.31. The highest BCUT2D eigenvalue weighted by Gasteiger charge is 2.37. The van der Waals surface area contributed by atoms with Crippen LogP contribution in [0.4, 0.5) is 0 Å². The zero-order valence-corrected chi connectivity index (χ0v) is 11.7. The highest BCUT2D eigenvalue weighted by Crippen LogP contribution is 2.31. The van der Waals surface area contributed by atoms with Gasteiger partial charge in [0.15, 0.2) is 0 Å². The van der Waals surface area contributed by atoms with Crippen LogP contribution in [0.25, 0.3) is 0 Å². The smallest absolute Gasteiger partial charge is 0.122 e. The van der Waals surface area contributed by atoms with E-state index in [0.29, 0.717) is 0 Å². The normalized spacial score (nSPS) is 16.7. The molecule has 3 N–H and O–H groups in total. The van der Waals surface area contributed by atoms with E-state index in [1.807, 2.05) is 0 Å². The molecule has 1 aromatic carbocycles. The molecule has 100 valence electrons. The lowest BCUT2D eigenvalue weighted by atomic mass is 10.0. The fourth-order valence-corrected chi connectivity index (χ4v) is 2.13. The van der Waals surface area contributed by atoms with Crippen LogP contribution in [-0.2, 0) is 6.42 Å². The van der Waals surface area contributed by atoms with E-state index in [-0.39, 0.29) is 5.54 Å². The molecule has 0 unspecified atom stereocenters. The molecule has 1 aliphatic carbocycles. The van der Waals surface area contributed by atoms with E-state index in [0.717, 1.165) is 38.1 Å². The molecule has 3 heteroatoms. The van der Waals surface area contributed by atoms with Crippen LogP contribution in [0.3, 0.4) is 0 Å². The summed E-state index contributed by atoms with van der Waals surface area (Å²) in [7, 11) is 1.74. The van der Waals surface area contributed by atoms with Gasteiger partial charge in [0, 0.05) is 12.1 Å². The minimum atomic E-state index is 0.0906. The van der Waals surface area contributed by atoms with Crippen LogP contribution in [0.5, 0.6) is 5.75 Å². The predicted molar refractivity (Wildman–Crippen MR) is 75.2 cm³/mol. The number of methoxy groups -OCH3 is 1. The number of ether oxygens (including phenoxy) is 1. The van der Waals surface area contributed by atoms with Gasteiger partial charge in [0.1, 0.15) is 5.75 Å². The van der Waals surface area contributed by atoms with Gasteiger partial charge in [0.2, 0.25) is 0 Å². The van der Waals surface area contributed by atoms with Crippen LogP contribution in [0.1, 0.15) is 29.5 Å². The predicted octanol–water partition coefficient (Wildman–Crippen LogP) is 1.94. The molecule has 1 aliphatic rings. The molecule has 0 bridgehead atoms. The van der Waals surface area contributed by atoms with Crippen molar-refractivity contribution in [2.75, 3.05) is 20.2 Å². The number of rotatable bonds is 6. The molecule has 0 aromatic heterocycles. The van der Waals surface area contributed by atoms with Crippen molar-refractivity contribution < 1.29 is 4.74 Å². The number of benzene rings is 1. The molecule has 0 amide bonds. The van der Waals surface area contributed by atoms with Crippen molar-refractivity contribution in [1.82, 2.24) is 5.32 Å². The average molecular weight is 248 g/mol. The molecule has 0 saturated heterocycles. The number of hydrogen-bond donors (Lipinski definition) is 2. The van der Waals surface area contributed by atoms with Crippen molar-refractivity contribution in [1.29, 1.82) is 0 Å². The third-order valence-electron chi connectivity index (χ3n) is 3.84. The Bertz CT molecular complexity index is 425. The molecule has 0 spiro atoms. The maximum atomic E-state index is 6.04. The summed E-state index contributed by atoms with van der Waals surface area (Å²) >= 11 is 0. The molecule has 0 atom stereocenters. The van der Waals surface area contributed by atoms with E-state index in [1.165, 1.54) is 16.7 Å². The van der Waals surface area contributed by atoms with Crippen molar-refractivity contribution in [3.63, 3.8) is 0 Å². The summed E-state index contributed by atoms with van der Waals surface area (Å²) in [5.74, 6) is 0.994. The van der Waals surface area contributed by atoms with Gasteiger partial charge in [-0.25, -0.2) is 0 Å². The number of nitrogens with two attached hydrogens (primary N) is 1. The zero-order valence-electron chi connectivity index (χ0n) is 11.7. The Balaban J connectivity index is 1.89. The summed E-state index contributed by atoms with van der Waals surface area (Å²) in [6.45, 7) is 6.15. The van der Waals surface area contributed by atoms with E-state index >= 15 is 0 Å². The summed E-state index contributed by atoms with van der Waals surface area (Å²) in [5, 5.41) is 3.44. The van der Waals surface area contributed by atoms with E-state index in [9.17, 15) is 0 Å². The Morgan fingerprint density at radius 3 is 2.56 bits per heavy atom. The second-order valence-corrected chi connectivity index (χ2v) is 5.54. The first-order valence-electron chi connectivity index (χ1n) is 6.68. The zero-order chi connectivity index (χ0) is 13.2. The minimum Gasteiger partial charge on any atom is -0.496 e. The Labute approximate surface area is 110 Å². The molecule has 3 nitrogen and oxygen atoms in total. The molecular weight excluding hydrogens is 224 g/mol. The van der Waals surface area contributed by atoms with Crippen molar-refractivity contribution in [3.05, 3.63) is 28.8 Å². The van der Waals surface area contributed by atoms with Crippen molar-refractivity contribution in [3.8, 4) is 5.75 Å². The first-order chi connectivity index (χ1) is 8.54. The average Bonchev–Trinajstić information content (AvgIpc) is 3.07. The lowest BCUT2D eigenvalue weighted by molar-refractivity contribution is 0.408. The highest BCUT2D eigenvalue weighted by atomic mass is 16.5. The molecule has 1 fully saturated rings. The fraction of sp³-hybridized carbons (Fsp3) is 0.600. The molecule has 18 heavy (non-hydrogen) atoms. The topological polar surface area (TPSA) is 47.3 Å². The quantitative estimate of drug-likeness (QED) is 0.756. The Kier molecular flexibility index (Phi) is 3.93. The molecule has 1 aromatic rings. The molecule has 0 aliphatic heterocycles. The van der Waals surface area contributed by atoms with Crippen LogP contribution in [-0.4, -0.2) is 25.7 Å². The first kappa shape index (κ1) is 13.4. The van der Waals surface area contributed by atoms with Gasteiger partial charge in [-0.2, -0.15) is 0 Å². The molecule has 1 saturated carbocycles. The van der Waals surface area contributed by atoms with Crippen molar-refractivity contribution in [2.45, 2.75) is 38.6 Å². The lowest BCUT2D eigenvalue weighted by Gasteiger charge is -2.13. The second kappa shape index (κ2) is 5.29. The van der Waals surface area contributed by atoms with Gasteiger partial charge in [0.05, 0.1) is 7.11 Å². The third-order valence-corrected chi connectivity index (χ3v) is 3.84. The number of aryl methyl sites for hydroxylation is 2. The van der Waals surface area contributed by atoms with Crippen LogP contribution in [0.2, 0.25) is 0 Å². The Morgan fingerprint density at radius 1 is 1.28 bits per heavy atom. The van der Waals surface area contributed by atoms with Gasteiger partial charge in [0.25, 0.3) is 0 Å². The largest absolute Gasteiger partial charge is 0.496 e. The van der Waals surface area contributed by atoms with Gasteiger partial charge >= 0.3 is 0 Å².